The molecule has 2 amide bonds. The Morgan fingerprint density at radius 3 is 2.57 bits per heavy atom. The van der Waals surface area contributed by atoms with E-state index in [0.717, 1.165) is 11.3 Å². The van der Waals surface area contributed by atoms with Crippen molar-refractivity contribution in [2.75, 3.05) is 6.54 Å². The molecule has 1 aromatic rings. The summed E-state index contributed by atoms with van der Waals surface area (Å²) in [6.45, 7) is 4.88. The number of terminal acetylenes is 1. The molecule has 124 valence electrons. The summed E-state index contributed by atoms with van der Waals surface area (Å²) in [6, 6.07) is 0.257. The Bertz CT molecular complexity index is 713. The number of carbonyl (C=O) groups is 2. The van der Waals surface area contributed by atoms with Gasteiger partial charge in [-0.3, -0.25) is 14.4 Å². The Balaban J connectivity index is 3.08. The van der Waals surface area contributed by atoms with Crippen LogP contribution in [0, 0.1) is 26.2 Å². The fourth-order valence-electron chi connectivity index (χ4n) is 2.02. The van der Waals surface area contributed by atoms with Crippen molar-refractivity contribution in [1.29, 1.82) is 0 Å². The number of aryl methyl sites for hydroxylation is 1. The molecule has 0 fully saturated rings. The van der Waals surface area contributed by atoms with Crippen molar-refractivity contribution < 1.29 is 14.7 Å². The maximum Gasteiger partial charge on any atom is 0.263 e. The third-order valence-electron chi connectivity index (χ3n) is 3.63. The Morgan fingerprint density at radius 2 is 2.04 bits per heavy atom. The Hall–Kier alpha value is -2.59. The molecule has 7 nitrogen and oxygen atoms in total. The summed E-state index contributed by atoms with van der Waals surface area (Å²) in [4.78, 5) is 36.4. The first kappa shape index (κ1) is 18.5. The molecule has 0 aliphatic carbocycles. The van der Waals surface area contributed by atoms with Crippen molar-refractivity contribution >= 4 is 11.8 Å². The number of aliphatic hydroxyl groups is 1. The van der Waals surface area contributed by atoms with Crippen LogP contribution in [0.5, 0.6) is 0 Å². The number of nitrogens with one attached hydrogen (secondary N) is 2. The third kappa shape index (κ3) is 4.20. The maximum atomic E-state index is 12.3. The van der Waals surface area contributed by atoms with Gasteiger partial charge in [-0.25, -0.2) is 0 Å². The molecule has 0 aliphatic heterocycles. The number of aromatic nitrogens is 1. The molecule has 1 rings (SSSR count). The highest BCUT2D eigenvalue weighted by molar-refractivity contribution is 5.97. The molecule has 0 aromatic carbocycles. The predicted octanol–water partition coefficient (Wildman–Crippen LogP) is -0.769. The summed E-state index contributed by atoms with van der Waals surface area (Å²) in [5.41, 5.74) is 0.943. The Kier molecular flexibility index (Phi) is 6.10. The molecule has 0 aliphatic rings. The standard InChI is InChI=1S/C16H21N3O4/c1-6-7-17-15(22)13(11(4)20)18-14(21)12-8-9(2)10(3)19(5)16(12)23/h1,8,11,13,20H,7H2,2-5H3,(H,17,22)(H,18,21)/t11-,13+/m1/s1. The van der Waals surface area contributed by atoms with Crippen molar-refractivity contribution in [3.8, 4) is 12.3 Å². The van der Waals surface area contributed by atoms with E-state index in [9.17, 15) is 19.5 Å². The van der Waals surface area contributed by atoms with Gasteiger partial charge in [0.05, 0.1) is 12.6 Å². The maximum absolute atomic E-state index is 12.3. The van der Waals surface area contributed by atoms with Gasteiger partial charge >= 0.3 is 0 Å². The van der Waals surface area contributed by atoms with E-state index in [1.165, 1.54) is 17.6 Å². The smallest absolute Gasteiger partial charge is 0.263 e. The second-order valence-corrected chi connectivity index (χ2v) is 5.30. The van der Waals surface area contributed by atoms with E-state index in [-0.39, 0.29) is 12.1 Å². The van der Waals surface area contributed by atoms with Crippen LogP contribution < -0.4 is 16.2 Å². The fourth-order valence-corrected chi connectivity index (χ4v) is 2.02. The van der Waals surface area contributed by atoms with Gasteiger partial charge in [0.2, 0.25) is 5.91 Å². The molecule has 0 radical (unpaired) electrons. The molecule has 0 saturated carbocycles. The lowest BCUT2D eigenvalue weighted by Crippen LogP contribution is -2.53. The van der Waals surface area contributed by atoms with Gasteiger partial charge in [0.1, 0.15) is 11.6 Å². The van der Waals surface area contributed by atoms with Crippen LogP contribution in [0.25, 0.3) is 0 Å². The number of nitrogens with zero attached hydrogens (tertiary/aromatic N) is 1. The van der Waals surface area contributed by atoms with E-state index in [2.05, 4.69) is 16.6 Å². The minimum Gasteiger partial charge on any atom is -0.391 e. The van der Waals surface area contributed by atoms with Crippen molar-refractivity contribution in [2.24, 2.45) is 7.05 Å². The van der Waals surface area contributed by atoms with Gasteiger partial charge in [-0.15, -0.1) is 6.42 Å². The highest BCUT2D eigenvalue weighted by Gasteiger charge is 2.27. The number of hydrogen-bond acceptors (Lipinski definition) is 4. The quantitative estimate of drug-likeness (QED) is 0.621. The number of hydrogen-bond donors (Lipinski definition) is 3. The lowest BCUT2D eigenvalue weighted by Gasteiger charge is -2.20. The van der Waals surface area contributed by atoms with E-state index < -0.39 is 29.5 Å². The van der Waals surface area contributed by atoms with E-state index in [4.69, 9.17) is 6.42 Å². The number of aliphatic hydroxyl groups excluding tert-OH is 1. The number of carbonyl (C=O) groups excluding carboxylic acids is 2. The first-order chi connectivity index (χ1) is 10.7. The van der Waals surface area contributed by atoms with E-state index in [1.54, 1.807) is 20.9 Å². The van der Waals surface area contributed by atoms with Gasteiger partial charge in [-0.1, -0.05) is 5.92 Å². The normalized spacial score (nSPS) is 12.9. The second-order valence-electron chi connectivity index (χ2n) is 5.30. The highest BCUT2D eigenvalue weighted by atomic mass is 16.3. The van der Waals surface area contributed by atoms with Crippen molar-refractivity contribution in [2.45, 2.75) is 32.9 Å². The zero-order valence-electron chi connectivity index (χ0n) is 13.6. The van der Waals surface area contributed by atoms with Gasteiger partial charge in [0, 0.05) is 12.7 Å². The molecule has 0 saturated heterocycles. The molecule has 23 heavy (non-hydrogen) atoms. The van der Waals surface area contributed by atoms with Crippen LogP contribution in [0.15, 0.2) is 10.9 Å². The van der Waals surface area contributed by atoms with Crippen molar-refractivity contribution in [3.63, 3.8) is 0 Å². The Labute approximate surface area is 134 Å². The molecule has 3 N–H and O–H groups in total. The fraction of sp³-hybridized carbons (Fsp3) is 0.438. The van der Waals surface area contributed by atoms with Crippen molar-refractivity contribution in [1.82, 2.24) is 15.2 Å². The van der Waals surface area contributed by atoms with Crippen LogP contribution in [0.3, 0.4) is 0 Å². The molecule has 0 bridgehead atoms. The van der Waals surface area contributed by atoms with Gasteiger partial charge < -0.3 is 20.3 Å². The minimum atomic E-state index is -1.21. The Morgan fingerprint density at radius 1 is 1.43 bits per heavy atom. The molecule has 0 spiro atoms. The average Bonchev–Trinajstić information content (AvgIpc) is 2.51. The average molecular weight is 319 g/mol. The first-order valence-electron chi connectivity index (χ1n) is 7.08. The zero-order valence-corrected chi connectivity index (χ0v) is 13.6. The van der Waals surface area contributed by atoms with Gasteiger partial charge in [-0.05, 0) is 32.4 Å². The monoisotopic (exact) mass is 319 g/mol. The van der Waals surface area contributed by atoms with Crippen molar-refractivity contribution in [3.05, 3.63) is 33.2 Å². The van der Waals surface area contributed by atoms with Crippen LogP contribution >= 0.6 is 0 Å². The summed E-state index contributed by atoms with van der Waals surface area (Å²) in [5, 5.41) is 14.4. The van der Waals surface area contributed by atoms with Crippen LogP contribution in [-0.4, -0.2) is 40.2 Å². The van der Waals surface area contributed by atoms with E-state index in [0.29, 0.717) is 0 Å². The SMILES string of the molecule is C#CCNC(=O)[C@@H](NC(=O)c1cc(C)c(C)n(C)c1=O)[C@@H](C)O. The summed E-state index contributed by atoms with van der Waals surface area (Å²) < 4.78 is 1.36. The number of rotatable bonds is 5. The van der Waals surface area contributed by atoms with Crippen LogP contribution in [-0.2, 0) is 11.8 Å². The van der Waals surface area contributed by atoms with Gasteiger partial charge in [0.15, 0.2) is 0 Å². The zero-order chi connectivity index (χ0) is 17.7. The highest BCUT2D eigenvalue weighted by Crippen LogP contribution is 2.06. The second kappa shape index (κ2) is 7.61. The largest absolute Gasteiger partial charge is 0.391 e. The lowest BCUT2D eigenvalue weighted by molar-refractivity contribution is -0.125. The molecule has 1 aromatic heterocycles. The van der Waals surface area contributed by atoms with E-state index in [1.807, 2.05) is 0 Å². The summed E-state index contributed by atoms with van der Waals surface area (Å²) in [7, 11) is 1.56. The topological polar surface area (TPSA) is 100 Å². The summed E-state index contributed by atoms with van der Waals surface area (Å²) in [5.74, 6) is 0.883. The molecule has 2 atom stereocenters. The molecular weight excluding hydrogens is 298 g/mol. The van der Waals surface area contributed by atoms with Crippen LogP contribution in [0.1, 0.15) is 28.5 Å². The molecule has 7 heteroatoms. The number of amides is 2. The minimum absolute atomic E-state index is 0.0245. The number of pyridine rings is 1. The molecular formula is C16H21N3O4. The third-order valence-corrected chi connectivity index (χ3v) is 3.63. The summed E-state index contributed by atoms with van der Waals surface area (Å²) >= 11 is 0. The lowest BCUT2D eigenvalue weighted by atomic mass is 10.1. The molecule has 1 heterocycles. The van der Waals surface area contributed by atoms with Crippen LogP contribution in [0.2, 0.25) is 0 Å². The van der Waals surface area contributed by atoms with Gasteiger partial charge in [-0.2, -0.15) is 0 Å². The summed E-state index contributed by atoms with van der Waals surface area (Å²) in [6.07, 6.45) is 3.91. The van der Waals surface area contributed by atoms with Gasteiger partial charge in [0.25, 0.3) is 11.5 Å². The predicted molar refractivity (Wildman–Crippen MR) is 85.9 cm³/mol. The van der Waals surface area contributed by atoms with Crippen LogP contribution in [0.4, 0.5) is 0 Å². The van der Waals surface area contributed by atoms with E-state index >= 15 is 0 Å². The molecule has 0 unspecified atom stereocenters. The first-order valence-corrected chi connectivity index (χ1v) is 7.08.